The SMILES string of the molecule is CN=C1OCc2c1cccc2[N+](=O)[O-]. The molecule has 0 radical (unpaired) electrons. The van der Waals surface area contributed by atoms with Crippen LogP contribution < -0.4 is 0 Å². The summed E-state index contributed by atoms with van der Waals surface area (Å²) in [6.45, 7) is 0.235. The zero-order valence-electron chi connectivity index (χ0n) is 7.56. The molecule has 1 aliphatic heterocycles. The number of aliphatic imine (C=N–C) groups is 1. The van der Waals surface area contributed by atoms with E-state index in [0.717, 1.165) is 5.56 Å². The van der Waals surface area contributed by atoms with Crippen LogP contribution in [0.2, 0.25) is 0 Å². The summed E-state index contributed by atoms with van der Waals surface area (Å²) in [5.41, 5.74) is 1.43. The molecule has 5 heteroatoms. The van der Waals surface area contributed by atoms with Crippen LogP contribution in [0.1, 0.15) is 11.1 Å². The van der Waals surface area contributed by atoms with Crippen molar-refractivity contribution in [2.75, 3.05) is 7.05 Å². The second-order valence-corrected chi connectivity index (χ2v) is 2.88. The Morgan fingerprint density at radius 2 is 2.36 bits per heavy atom. The zero-order chi connectivity index (χ0) is 10.1. The third kappa shape index (κ3) is 1.14. The van der Waals surface area contributed by atoms with Gasteiger partial charge in [0, 0.05) is 18.7 Å². The quantitative estimate of drug-likeness (QED) is 0.500. The van der Waals surface area contributed by atoms with Crippen molar-refractivity contribution in [1.82, 2.24) is 0 Å². The Kier molecular flexibility index (Phi) is 1.92. The minimum atomic E-state index is -0.402. The highest BCUT2D eigenvalue weighted by Crippen LogP contribution is 2.28. The lowest BCUT2D eigenvalue weighted by Crippen LogP contribution is -1.97. The van der Waals surface area contributed by atoms with Crippen LogP contribution in [0.4, 0.5) is 5.69 Å². The van der Waals surface area contributed by atoms with Crippen LogP contribution in [0, 0.1) is 10.1 Å². The number of hydrogen-bond acceptors (Lipinski definition) is 4. The van der Waals surface area contributed by atoms with Gasteiger partial charge < -0.3 is 4.74 Å². The Hall–Kier alpha value is -1.91. The summed E-state index contributed by atoms with van der Waals surface area (Å²) < 4.78 is 5.21. The molecule has 1 aliphatic rings. The first-order chi connectivity index (χ1) is 6.74. The summed E-state index contributed by atoms with van der Waals surface area (Å²) in [6.07, 6.45) is 0. The van der Waals surface area contributed by atoms with E-state index in [1.54, 1.807) is 19.2 Å². The van der Waals surface area contributed by atoms with E-state index in [-0.39, 0.29) is 12.3 Å². The van der Waals surface area contributed by atoms with Crippen LogP contribution in [-0.2, 0) is 11.3 Å². The van der Waals surface area contributed by atoms with Crippen molar-refractivity contribution in [3.8, 4) is 0 Å². The highest BCUT2D eigenvalue weighted by molar-refractivity contribution is 5.98. The van der Waals surface area contributed by atoms with E-state index in [1.807, 2.05) is 0 Å². The molecule has 0 bridgehead atoms. The van der Waals surface area contributed by atoms with E-state index in [2.05, 4.69) is 4.99 Å². The Bertz CT molecular complexity index is 426. The maximum absolute atomic E-state index is 10.7. The highest BCUT2D eigenvalue weighted by atomic mass is 16.6. The van der Waals surface area contributed by atoms with Gasteiger partial charge in [0.25, 0.3) is 5.69 Å². The molecule has 0 unspecified atom stereocenters. The Morgan fingerprint density at radius 1 is 1.57 bits per heavy atom. The van der Waals surface area contributed by atoms with Gasteiger partial charge in [0.15, 0.2) is 0 Å². The summed E-state index contributed by atoms with van der Waals surface area (Å²) >= 11 is 0. The zero-order valence-corrected chi connectivity index (χ0v) is 7.56. The maximum atomic E-state index is 10.7. The van der Waals surface area contributed by atoms with Gasteiger partial charge >= 0.3 is 0 Å². The smallest absolute Gasteiger partial charge is 0.276 e. The Balaban J connectivity index is 2.61. The minimum absolute atomic E-state index is 0.0983. The third-order valence-corrected chi connectivity index (χ3v) is 2.13. The van der Waals surface area contributed by atoms with Crippen molar-refractivity contribution in [3.05, 3.63) is 39.4 Å². The van der Waals surface area contributed by atoms with Gasteiger partial charge in [-0.3, -0.25) is 15.1 Å². The average molecular weight is 192 g/mol. The average Bonchev–Trinajstić information content (AvgIpc) is 2.59. The van der Waals surface area contributed by atoms with Crippen LogP contribution >= 0.6 is 0 Å². The first-order valence-corrected chi connectivity index (χ1v) is 4.10. The summed E-state index contributed by atoms with van der Waals surface area (Å²) in [6, 6.07) is 4.88. The third-order valence-electron chi connectivity index (χ3n) is 2.13. The molecule has 1 aromatic rings. The molecule has 0 fully saturated rings. The minimum Gasteiger partial charge on any atom is -0.472 e. The van der Waals surface area contributed by atoms with Gasteiger partial charge in [-0.2, -0.15) is 0 Å². The molecule has 0 aliphatic carbocycles. The van der Waals surface area contributed by atoms with Gasteiger partial charge in [0.05, 0.1) is 10.5 Å². The molecule has 0 saturated heterocycles. The molecular formula is C9H8N2O3. The van der Waals surface area contributed by atoms with E-state index in [1.165, 1.54) is 6.07 Å². The second-order valence-electron chi connectivity index (χ2n) is 2.88. The molecule has 1 heterocycles. The number of nitro groups is 1. The monoisotopic (exact) mass is 192 g/mol. The summed E-state index contributed by atoms with van der Waals surface area (Å²) in [5, 5.41) is 10.7. The first kappa shape index (κ1) is 8.68. The number of fused-ring (bicyclic) bond motifs is 1. The summed E-state index contributed by atoms with van der Waals surface area (Å²) in [4.78, 5) is 14.2. The normalized spacial score (nSPS) is 16.5. The fourth-order valence-corrected chi connectivity index (χ4v) is 1.50. The van der Waals surface area contributed by atoms with Crippen molar-refractivity contribution >= 4 is 11.6 Å². The standard InChI is InChI=1S/C9H8N2O3/c1-10-9-6-3-2-4-8(11(12)13)7(6)5-14-9/h2-4H,5H2,1H3. The van der Waals surface area contributed by atoms with Crippen molar-refractivity contribution in [2.24, 2.45) is 4.99 Å². The van der Waals surface area contributed by atoms with Crippen LogP contribution in [0.25, 0.3) is 0 Å². The molecule has 5 nitrogen and oxygen atoms in total. The van der Waals surface area contributed by atoms with Gasteiger partial charge in [-0.1, -0.05) is 6.07 Å². The second kappa shape index (κ2) is 3.10. The van der Waals surface area contributed by atoms with E-state index in [0.29, 0.717) is 11.5 Å². The molecule has 1 aromatic carbocycles. The molecular weight excluding hydrogens is 184 g/mol. The van der Waals surface area contributed by atoms with E-state index >= 15 is 0 Å². The van der Waals surface area contributed by atoms with E-state index in [4.69, 9.17) is 4.74 Å². The number of hydrogen-bond donors (Lipinski definition) is 0. The van der Waals surface area contributed by atoms with E-state index < -0.39 is 4.92 Å². The molecule has 0 atom stereocenters. The number of ether oxygens (including phenoxy) is 1. The molecule has 0 amide bonds. The van der Waals surface area contributed by atoms with Crippen LogP contribution in [0.15, 0.2) is 23.2 Å². The molecule has 72 valence electrons. The fourth-order valence-electron chi connectivity index (χ4n) is 1.50. The number of rotatable bonds is 1. The lowest BCUT2D eigenvalue weighted by molar-refractivity contribution is -0.385. The van der Waals surface area contributed by atoms with Gasteiger partial charge in [-0.25, -0.2) is 0 Å². The van der Waals surface area contributed by atoms with Gasteiger partial charge in [0.2, 0.25) is 5.90 Å². The highest BCUT2D eigenvalue weighted by Gasteiger charge is 2.26. The van der Waals surface area contributed by atoms with Gasteiger partial charge in [-0.15, -0.1) is 0 Å². The number of nitrogens with zero attached hydrogens (tertiary/aromatic N) is 2. The Morgan fingerprint density at radius 3 is 3.00 bits per heavy atom. The maximum Gasteiger partial charge on any atom is 0.276 e. The largest absolute Gasteiger partial charge is 0.472 e. The van der Waals surface area contributed by atoms with Gasteiger partial charge in [0.1, 0.15) is 6.61 Å². The number of benzene rings is 1. The topological polar surface area (TPSA) is 64.7 Å². The molecule has 0 aromatic heterocycles. The van der Waals surface area contributed by atoms with Crippen molar-refractivity contribution < 1.29 is 9.66 Å². The lowest BCUT2D eigenvalue weighted by Gasteiger charge is -1.96. The molecule has 2 rings (SSSR count). The lowest BCUT2D eigenvalue weighted by atomic mass is 10.1. The predicted molar refractivity (Wildman–Crippen MR) is 50.3 cm³/mol. The molecule has 0 saturated carbocycles. The summed E-state index contributed by atoms with van der Waals surface area (Å²) in [7, 11) is 1.60. The summed E-state index contributed by atoms with van der Waals surface area (Å²) in [5.74, 6) is 0.476. The van der Waals surface area contributed by atoms with Crippen molar-refractivity contribution in [3.63, 3.8) is 0 Å². The molecule has 0 spiro atoms. The van der Waals surface area contributed by atoms with Crippen LogP contribution in [0.5, 0.6) is 0 Å². The fraction of sp³-hybridized carbons (Fsp3) is 0.222. The van der Waals surface area contributed by atoms with Gasteiger partial charge in [-0.05, 0) is 6.07 Å². The number of nitro benzene ring substituents is 1. The van der Waals surface area contributed by atoms with E-state index in [9.17, 15) is 10.1 Å². The molecule has 0 N–H and O–H groups in total. The Labute approximate surface area is 80.2 Å². The van der Waals surface area contributed by atoms with Crippen molar-refractivity contribution in [1.29, 1.82) is 0 Å². The van der Waals surface area contributed by atoms with Crippen molar-refractivity contribution in [2.45, 2.75) is 6.61 Å². The molecule has 14 heavy (non-hydrogen) atoms. The predicted octanol–water partition coefficient (Wildman–Crippen LogP) is 1.50. The van der Waals surface area contributed by atoms with Crippen LogP contribution in [-0.4, -0.2) is 17.9 Å². The first-order valence-electron chi connectivity index (χ1n) is 4.10. The van der Waals surface area contributed by atoms with Crippen LogP contribution in [0.3, 0.4) is 0 Å².